The summed E-state index contributed by atoms with van der Waals surface area (Å²) in [6, 6.07) is 0.664. The fraction of sp³-hybridized carbons (Fsp3) is 0.533. The highest BCUT2D eigenvalue weighted by molar-refractivity contribution is 5.94. The van der Waals surface area contributed by atoms with Crippen molar-refractivity contribution in [2.45, 2.75) is 30.8 Å². The van der Waals surface area contributed by atoms with Gasteiger partial charge in [-0.15, -0.1) is 0 Å². The molecule has 0 spiro atoms. The Bertz CT molecular complexity index is 604. The van der Waals surface area contributed by atoms with E-state index in [0.717, 1.165) is 0 Å². The van der Waals surface area contributed by atoms with Gasteiger partial charge in [-0.25, -0.2) is 0 Å². The van der Waals surface area contributed by atoms with Crippen LogP contribution in [0.4, 0.5) is 26.3 Å². The number of hydrogen-bond acceptors (Lipinski definition) is 3. The summed E-state index contributed by atoms with van der Waals surface area (Å²) in [6.07, 6.45) is -9.06. The largest absolute Gasteiger partial charge is 0.416 e. The second kappa shape index (κ2) is 6.83. The number of rotatable bonds is 3. The van der Waals surface area contributed by atoms with Gasteiger partial charge >= 0.3 is 12.4 Å². The molecule has 1 aromatic carbocycles. The molecule has 0 aromatic heterocycles. The molecule has 1 aromatic rings. The Hall–Kier alpha value is -1.81. The maximum absolute atomic E-state index is 12.8. The van der Waals surface area contributed by atoms with Gasteiger partial charge in [-0.05, 0) is 37.6 Å². The minimum absolute atomic E-state index is 0.0463. The maximum atomic E-state index is 12.8. The molecule has 0 radical (unpaired) electrons. The van der Waals surface area contributed by atoms with E-state index in [1.165, 1.54) is 0 Å². The second-order valence-electron chi connectivity index (χ2n) is 5.98. The maximum Gasteiger partial charge on any atom is 0.416 e. The number of piperidine rings is 1. The van der Waals surface area contributed by atoms with Gasteiger partial charge in [0.1, 0.15) is 0 Å². The first kappa shape index (κ1) is 19.5. The molecule has 25 heavy (non-hydrogen) atoms. The number of hydrogen-bond donors (Lipinski definition) is 3. The lowest BCUT2D eigenvalue weighted by atomic mass is 9.94. The first-order valence-electron chi connectivity index (χ1n) is 7.41. The highest BCUT2D eigenvalue weighted by Crippen LogP contribution is 2.36. The van der Waals surface area contributed by atoms with E-state index >= 15 is 0 Å². The summed E-state index contributed by atoms with van der Waals surface area (Å²) in [6.45, 7) is 0.568. The number of alkyl halides is 6. The van der Waals surface area contributed by atoms with E-state index in [1.54, 1.807) is 0 Å². The van der Waals surface area contributed by atoms with Crippen molar-refractivity contribution in [2.24, 2.45) is 0 Å². The minimum atomic E-state index is -5.03. The Labute approximate surface area is 139 Å². The van der Waals surface area contributed by atoms with Gasteiger partial charge < -0.3 is 15.7 Å². The number of β-amino-alcohol motifs (C(OH)–C–C–N with tert-alkyl or cyclic N) is 1. The quantitative estimate of drug-likeness (QED) is 0.717. The van der Waals surface area contributed by atoms with Crippen LogP contribution in [-0.4, -0.2) is 36.2 Å². The molecular formula is C15H16F6N2O2. The van der Waals surface area contributed by atoms with Gasteiger partial charge in [0.2, 0.25) is 0 Å². The van der Waals surface area contributed by atoms with Crippen LogP contribution in [0.2, 0.25) is 0 Å². The van der Waals surface area contributed by atoms with Crippen molar-refractivity contribution in [3.8, 4) is 0 Å². The number of halogens is 6. The van der Waals surface area contributed by atoms with Crippen LogP contribution in [0.3, 0.4) is 0 Å². The lowest BCUT2D eigenvalue weighted by molar-refractivity contribution is -0.143. The summed E-state index contributed by atoms with van der Waals surface area (Å²) >= 11 is 0. The van der Waals surface area contributed by atoms with Gasteiger partial charge in [0, 0.05) is 18.7 Å². The third-order valence-electron chi connectivity index (χ3n) is 3.88. The van der Waals surface area contributed by atoms with E-state index < -0.39 is 40.6 Å². The van der Waals surface area contributed by atoms with Gasteiger partial charge in [0.05, 0.1) is 16.7 Å². The van der Waals surface area contributed by atoms with Crippen LogP contribution in [0.15, 0.2) is 18.2 Å². The number of carbonyl (C=O) groups excluding carboxylic acids is 1. The molecule has 0 bridgehead atoms. The van der Waals surface area contributed by atoms with E-state index in [9.17, 15) is 36.2 Å². The fourth-order valence-electron chi connectivity index (χ4n) is 2.54. The third kappa shape index (κ3) is 5.08. The highest BCUT2D eigenvalue weighted by atomic mass is 19.4. The standard InChI is InChI=1S/C15H16F6N2O2/c16-14(17,18)10-4-9(5-11(6-10)15(19,20)21)12(24)23-8-13(25)2-1-3-22-7-13/h4-6,22,25H,1-3,7-8H2,(H,23,24)/t13-/m1/s1. The summed E-state index contributed by atoms with van der Waals surface area (Å²) < 4.78 is 76.7. The lowest BCUT2D eigenvalue weighted by Gasteiger charge is -2.32. The summed E-state index contributed by atoms with van der Waals surface area (Å²) in [7, 11) is 0. The summed E-state index contributed by atoms with van der Waals surface area (Å²) in [5, 5.41) is 15.3. The van der Waals surface area contributed by atoms with Crippen molar-refractivity contribution >= 4 is 5.91 Å². The van der Waals surface area contributed by atoms with E-state index in [0.29, 0.717) is 31.5 Å². The van der Waals surface area contributed by atoms with Crippen molar-refractivity contribution in [2.75, 3.05) is 19.6 Å². The average molecular weight is 370 g/mol. The van der Waals surface area contributed by atoms with Crippen LogP contribution in [-0.2, 0) is 12.4 Å². The van der Waals surface area contributed by atoms with Crippen molar-refractivity contribution in [3.63, 3.8) is 0 Å². The molecule has 2 rings (SSSR count). The summed E-state index contributed by atoms with van der Waals surface area (Å²) in [5.41, 5.74) is -5.19. The smallest absolute Gasteiger partial charge is 0.387 e. The van der Waals surface area contributed by atoms with E-state index in [2.05, 4.69) is 10.6 Å². The normalized spacial score (nSPS) is 21.9. The Kier molecular flexibility index (Phi) is 5.33. The molecule has 3 N–H and O–H groups in total. The zero-order valence-corrected chi connectivity index (χ0v) is 12.9. The Morgan fingerprint density at radius 2 is 1.68 bits per heavy atom. The molecule has 0 unspecified atom stereocenters. The van der Waals surface area contributed by atoms with E-state index in [-0.39, 0.29) is 19.2 Å². The first-order chi connectivity index (χ1) is 11.4. The SMILES string of the molecule is O=C(NC[C@@]1(O)CCCNC1)c1cc(C(F)(F)F)cc(C(F)(F)F)c1. The fourth-order valence-corrected chi connectivity index (χ4v) is 2.54. The van der Waals surface area contributed by atoms with Gasteiger partial charge in [-0.2, -0.15) is 26.3 Å². The predicted octanol–water partition coefficient (Wildman–Crippen LogP) is 2.57. The zero-order chi connectivity index (χ0) is 18.9. The Morgan fingerprint density at radius 3 is 2.12 bits per heavy atom. The molecule has 1 aliphatic rings. The molecule has 10 heteroatoms. The third-order valence-corrected chi connectivity index (χ3v) is 3.88. The van der Waals surface area contributed by atoms with Crippen LogP contribution in [0.25, 0.3) is 0 Å². The lowest BCUT2D eigenvalue weighted by Crippen LogP contribution is -2.52. The molecule has 1 aliphatic heterocycles. The van der Waals surface area contributed by atoms with E-state index in [1.807, 2.05) is 0 Å². The summed E-state index contributed by atoms with van der Waals surface area (Å²) in [5.74, 6) is -1.12. The Morgan fingerprint density at radius 1 is 1.12 bits per heavy atom. The molecule has 4 nitrogen and oxygen atoms in total. The molecule has 1 amide bonds. The number of aliphatic hydroxyl groups is 1. The topological polar surface area (TPSA) is 61.4 Å². The highest BCUT2D eigenvalue weighted by Gasteiger charge is 2.38. The van der Waals surface area contributed by atoms with Gasteiger partial charge in [-0.1, -0.05) is 0 Å². The monoisotopic (exact) mass is 370 g/mol. The minimum Gasteiger partial charge on any atom is -0.387 e. The molecule has 1 heterocycles. The van der Waals surface area contributed by atoms with Crippen LogP contribution in [0.1, 0.15) is 34.3 Å². The van der Waals surface area contributed by atoms with Crippen molar-refractivity contribution in [1.29, 1.82) is 0 Å². The van der Waals surface area contributed by atoms with Crippen molar-refractivity contribution in [1.82, 2.24) is 10.6 Å². The zero-order valence-electron chi connectivity index (χ0n) is 12.9. The predicted molar refractivity (Wildman–Crippen MR) is 75.8 cm³/mol. The van der Waals surface area contributed by atoms with Gasteiger partial charge in [-0.3, -0.25) is 4.79 Å². The molecule has 0 aliphatic carbocycles. The van der Waals surface area contributed by atoms with Crippen molar-refractivity contribution < 1.29 is 36.2 Å². The number of amides is 1. The molecule has 1 fully saturated rings. The van der Waals surface area contributed by atoms with Crippen LogP contribution in [0.5, 0.6) is 0 Å². The van der Waals surface area contributed by atoms with Crippen LogP contribution < -0.4 is 10.6 Å². The van der Waals surface area contributed by atoms with Gasteiger partial charge in [0.15, 0.2) is 0 Å². The first-order valence-corrected chi connectivity index (χ1v) is 7.41. The van der Waals surface area contributed by atoms with Crippen LogP contribution in [0, 0.1) is 0 Å². The van der Waals surface area contributed by atoms with Crippen LogP contribution >= 0.6 is 0 Å². The molecule has 1 atom stereocenters. The summed E-state index contributed by atoms with van der Waals surface area (Å²) in [4.78, 5) is 12.0. The molecular weight excluding hydrogens is 354 g/mol. The van der Waals surface area contributed by atoms with Crippen molar-refractivity contribution in [3.05, 3.63) is 34.9 Å². The van der Waals surface area contributed by atoms with E-state index in [4.69, 9.17) is 0 Å². The molecule has 0 saturated carbocycles. The van der Waals surface area contributed by atoms with Gasteiger partial charge in [0.25, 0.3) is 5.91 Å². The number of carbonyl (C=O) groups is 1. The average Bonchev–Trinajstić information content (AvgIpc) is 2.51. The number of benzene rings is 1. The second-order valence-corrected chi connectivity index (χ2v) is 5.98. The molecule has 140 valence electrons. The Balaban J connectivity index is 2.23. The molecule has 1 saturated heterocycles. The number of nitrogens with one attached hydrogen (secondary N) is 2.